The molecule has 0 aromatic carbocycles. The molecule has 3 nitrogen and oxygen atoms in total. The molecule has 4 rings (SSSR count). The predicted octanol–water partition coefficient (Wildman–Crippen LogP) is 4.00. The summed E-state index contributed by atoms with van der Waals surface area (Å²) in [4.78, 5) is 24.5. The number of rotatable bonds is 4. The van der Waals surface area contributed by atoms with Gasteiger partial charge in [-0.05, 0) is 67.6 Å². The van der Waals surface area contributed by atoms with Crippen LogP contribution < -0.4 is 0 Å². The van der Waals surface area contributed by atoms with Crippen molar-refractivity contribution in [2.75, 3.05) is 0 Å². The van der Waals surface area contributed by atoms with Gasteiger partial charge in [-0.15, -0.1) is 0 Å². The van der Waals surface area contributed by atoms with Gasteiger partial charge in [0.2, 0.25) is 0 Å². The molecule has 4 saturated carbocycles. The Morgan fingerprint density at radius 1 is 1.09 bits per heavy atom. The van der Waals surface area contributed by atoms with E-state index in [1.165, 1.54) is 25.7 Å². The standard InChI is InChI=1S/C20H30O3/c1-3-11-8-12(4-2)19-14-9-13(18(11)19)10-15(14)20(22)23-17-7-5-6-16(17)21/h11-15,17-19H,3-10H2,1-2H3. The van der Waals surface area contributed by atoms with Crippen LogP contribution >= 0.6 is 0 Å². The lowest BCUT2D eigenvalue weighted by Crippen LogP contribution is -2.36. The highest BCUT2D eigenvalue weighted by Crippen LogP contribution is 2.65. The van der Waals surface area contributed by atoms with Crippen LogP contribution in [-0.4, -0.2) is 17.9 Å². The maximum atomic E-state index is 12.7. The van der Waals surface area contributed by atoms with Gasteiger partial charge < -0.3 is 4.74 Å². The summed E-state index contributed by atoms with van der Waals surface area (Å²) in [6.07, 6.45) is 7.98. The van der Waals surface area contributed by atoms with E-state index in [1.54, 1.807) is 0 Å². The maximum absolute atomic E-state index is 12.7. The van der Waals surface area contributed by atoms with Crippen molar-refractivity contribution in [2.24, 2.45) is 41.4 Å². The molecule has 128 valence electrons. The number of ether oxygens (including phenoxy) is 1. The molecule has 8 unspecified atom stereocenters. The number of fused-ring (bicyclic) bond motifs is 5. The molecule has 0 saturated heterocycles. The second-order valence-corrected chi connectivity index (χ2v) is 8.51. The highest BCUT2D eigenvalue weighted by molar-refractivity contribution is 5.87. The Labute approximate surface area is 139 Å². The molecule has 0 spiro atoms. The Balaban J connectivity index is 1.47. The molecule has 0 aromatic heterocycles. The number of carbonyl (C=O) groups is 2. The van der Waals surface area contributed by atoms with Crippen molar-refractivity contribution in [3.8, 4) is 0 Å². The normalized spacial score (nSPS) is 48.0. The predicted molar refractivity (Wildman–Crippen MR) is 87.6 cm³/mol. The first kappa shape index (κ1) is 15.7. The Kier molecular flexibility index (Phi) is 4.01. The molecule has 8 atom stereocenters. The van der Waals surface area contributed by atoms with Crippen molar-refractivity contribution >= 4 is 11.8 Å². The molecule has 0 heterocycles. The lowest BCUT2D eigenvalue weighted by Gasteiger charge is -2.35. The molecule has 4 fully saturated rings. The van der Waals surface area contributed by atoms with Crippen molar-refractivity contribution in [2.45, 2.75) is 71.3 Å². The first-order valence-corrected chi connectivity index (χ1v) is 9.87. The minimum atomic E-state index is -0.425. The molecule has 2 bridgehead atoms. The van der Waals surface area contributed by atoms with E-state index >= 15 is 0 Å². The van der Waals surface area contributed by atoms with Crippen molar-refractivity contribution < 1.29 is 14.3 Å². The molecule has 4 aliphatic rings. The third-order valence-corrected chi connectivity index (χ3v) is 7.68. The first-order chi connectivity index (χ1) is 11.1. The average Bonchev–Trinajstić information content (AvgIpc) is 3.28. The number of carbonyl (C=O) groups excluding carboxylic acids is 2. The lowest BCUT2D eigenvalue weighted by atomic mass is 9.70. The summed E-state index contributed by atoms with van der Waals surface area (Å²) in [5.41, 5.74) is 0. The number of Topliss-reactive ketones (excluding diaryl/α,β-unsaturated/α-hetero) is 1. The molecule has 0 N–H and O–H groups in total. The van der Waals surface area contributed by atoms with Crippen LogP contribution in [0.1, 0.15) is 65.2 Å². The molecule has 0 radical (unpaired) electrons. The molecule has 23 heavy (non-hydrogen) atoms. The van der Waals surface area contributed by atoms with Crippen LogP contribution in [0.5, 0.6) is 0 Å². The quantitative estimate of drug-likeness (QED) is 0.736. The molecular weight excluding hydrogens is 288 g/mol. The summed E-state index contributed by atoms with van der Waals surface area (Å²) in [5, 5.41) is 0. The van der Waals surface area contributed by atoms with E-state index in [0.29, 0.717) is 12.3 Å². The fraction of sp³-hybridized carbons (Fsp3) is 0.900. The van der Waals surface area contributed by atoms with Crippen molar-refractivity contribution in [3.63, 3.8) is 0 Å². The van der Waals surface area contributed by atoms with Crippen LogP contribution in [0, 0.1) is 41.4 Å². The smallest absolute Gasteiger partial charge is 0.309 e. The van der Waals surface area contributed by atoms with Gasteiger partial charge in [0.1, 0.15) is 0 Å². The minimum Gasteiger partial charge on any atom is -0.454 e. The Morgan fingerprint density at radius 3 is 2.48 bits per heavy atom. The second kappa shape index (κ2) is 5.89. The minimum absolute atomic E-state index is 0.0500. The van der Waals surface area contributed by atoms with Gasteiger partial charge in [-0.25, -0.2) is 0 Å². The summed E-state index contributed by atoms with van der Waals surface area (Å²) in [6, 6.07) is 0. The highest BCUT2D eigenvalue weighted by atomic mass is 16.5. The van der Waals surface area contributed by atoms with Gasteiger partial charge >= 0.3 is 5.97 Å². The molecule has 0 amide bonds. The van der Waals surface area contributed by atoms with Crippen molar-refractivity contribution in [3.05, 3.63) is 0 Å². The zero-order chi connectivity index (χ0) is 16.1. The molecule has 4 aliphatic carbocycles. The van der Waals surface area contributed by atoms with E-state index < -0.39 is 6.10 Å². The van der Waals surface area contributed by atoms with Crippen LogP contribution in [0.15, 0.2) is 0 Å². The van der Waals surface area contributed by atoms with E-state index in [-0.39, 0.29) is 17.7 Å². The van der Waals surface area contributed by atoms with Gasteiger partial charge in [-0.3, -0.25) is 9.59 Å². The van der Waals surface area contributed by atoms with Crippen molar-refractivity contribution in [1.29, 1.82) is 0 Å². The molecular formula is C20H30O3. The van der Waals surface area contributed by atoms with Gasteiger partial charge in [0, 0.05) is 6.42 Å². The number of hydrogen-bond donors (Lipinski definition) is 0. The van der Waals surface area contributed by atoms with Gasteiger partial charge in [-0.1, -0.05) is 26.7 Å². The van der Waals surface area contributed by atoms with E-state index in [2.05, 4.69) is 13.8 Å². The Bertz CT molecular complexity index is 499. The number of esters is 1. The summed E-state index contributed by atoms with van der Waals surface area (Å²) >= 11 is 0. The topological polar surface area (TPSA) is 43.4 Å². The maximum Gasteiger partial charge on any atom is 0.309 e. The molecule has 0 aliphatic heterocycles. The number of hydrogen-bond acceptors (Lipinski definition) is 3. The van der Waals surface area contributed by atoms with Gasteiger partial charge in [0.25, 0.3) is 0 Å². The van der Waals surface area contributed by atoms with Crippen LogP contribution in [0.25, 0.3) is 0 Å². The second-order valence-electron chi connectivity index (χ2n) is 8.51. The van der Waals surface area contributed by atoms with E-state index in [9.17, 15) is 9.59 Å². The summed E-state index contributed by atoms with van der Waals surface area (Å²) in [5.74, 6) is 4.76. The van der Waals surface area contributed by atoms with Gasteiger partial charge in [0.15, 0.2) is 11.9 Å². The Morgan fingerprint density at radius 2 is 1.83 bits per heavy atom. The highest BCUT2D eigenvalue weighted by Gasteiger charge is 2.61. The summed E-state index contributed by atoms with van der Waals surface area (Å²) in [7, 11) is 0. The SMILES string of the molecule is CCC1CC(CC)C2C3CC(CC3C(=O)OC3CCCC3=O)C12. The summed E-state index contributed by atoms with van der Waals surface area (Å²) in [6.45, 7) is 4.65. The third-order valence-electron chi connectivity index (χ3n) is 7.68. The third kappa shape index (κ3) is 2.37. The Hall–Kier alpha value is -0.860. The van der Waals surface area contributed by atoms with Crippen LogP contribution in [-0.2, 0) is 14.3 Å². The summed E-state index contributed by atoms with van der Waals surface area (Å²) < 4.78 is 5.64. The fourth-order valence-corrected chi connectivity index (χ4v) is 6.80. The average molecular weight is 318 g/mol. The molecule has 0 aromatic rings. The van der Waals surface area contributed by atoms with Gasteiger partial charge in [0.05, 0.1) is 5.92 Å². The van der Waals surface area contributed by atoms with E-state index in [0.717, 1.165) is 48.9 Å². The zero-order valence-corrected chi connectivity index (χ0v) is 14.5. The zero-order valence-electron chi connectivity index (χ0n) is 14.5. The van der Waals surface area contributed by atoms with Crippen LogP contribution in [0.4, 0.5) is 0 Å². The van der Waals surface area contributed by atoms with Crippen LogP contribution in [0.3, 0.4) is 0 Å². The van der Waals surface area contributed by atoms with E-state index in [1.807, 2.05) is 0 Å². The fourth-order valence-electron chi connectivity index (χ4n) is 6.80. The van der Waals surface area contributed by atoms with Gasteiger partial charge in [-0.2, -0.15) is 0 Å². The first-order valence-electron chi connectivity index (χ1n) is 9.87. The lowest BCUT2D eigenvalue weighted by molar-refractivity contribution is -0.160. The van der Waals surface area contributed by atoms with Crippen LogP contribution in [0.2, 0.25) is 0 Å². The number of ketones is 1. The molecule has 3 heteroatoms. The largest absolute Gasteiger partial charge is 0.454 e. The monoisotopic (exact) mass is 318 g/mol. The van der Waals surface area contributed by atoms with E-state index in [4.69, 9.17) is 4.74 Å². The van der Waals surface area contributed by atoms with Crippen molar-refractivity contribution in [1.82, 2.24) is 0 Å².